The molecule has 0 aliphatic heterocycles. The number of amides is 1. The fourth-order valence-electron chi connectivity index (χ4n) is 1.35. The third kappa shape index (κ3) is 3.44. The van der Waals surface area contributed by atoms with Crippen LogP contribution in [0.15, 0.2) is 18.2 Å². The minimum Gasteiger partial charge on any atom is -0.507 e. The molecule has 1 amide bonds. The van der Waals surface area contributed by atoms with E-state index in [4.69, 9.17) is 0 Å². The van der Waals surface area contributed by atoms with Crippen LogP contribution in [0, 0.1) is 5.82 Å². The van der Waals surface area contributed by atoms with Crippen molar-refractivity contribution in [1.82, 2.24) is 4.90 Å². The second-order valence-electron chi connectivity index (χ2n) is 3.71. The van der Waals surface area contributed by atoms with Crippen molar-refractivity contribution in [2.75, 3.05) is 20.7 Å². The molecule has 0 aliphatic carbocycles. The zero-order chi connectivity index (χ0) is 13.7. The highest BCUT2D eigenvalue weighted by Crippen LogP contribution is 2.19. The highest BCUT2D eigenvalue weighted by molar-refractivity contribution is 5.96. The highest BCUT2D eigenvalue weighted by atomic mass is 19.1. The summed E-state index contributed by atoms with van der Waals surface area (Å²) in [6.07, 6.45) is 0.0365. The minimum atomic E-state index is -0.613. The molecule has 1 aromatic rings. The van der Waals surface area contributed by atoms with Gasteiger partial charge in [-0.15, -0.1) is 0 Å². The van der Waals surface area contributed by atoms with Crippen LogP contribution in [0.25, 0.3) is 0 Å². The van der Waals surface area contributed by atoms with Crippen LogP contribution in [-0.4, -0.2) is 42.6 Å². The zero-order valence-electron chi connectivity index (χ0n) is 10.1. The molecule has 0 aliphatic rings. The van der Waals surface area contributed by atoms with E-state index < -0.39 is 17.7 Å². The summed E-state index contributed by atoms with van der Waals surface area (Å²) >= 11 is 0. The van der Waals surface area contributed by atoms with E-state index in [2.05, 4.69) is 4.74 Å². The topological polar surface area (TPSA) is 66.8 Å². The van der Waals surface area contributed by atoms with E-state index in [1.165, 1.54) is 19.1 Å². The number of halogens is 1. The quantitative estimate of drug-likeness (QED) is 0.820. The minimum absolute atomic E-state index is 0.0365. The Morgan fingerprint density at radius 3 is 2.72 bits per heavy atom. The molecular weight excluding hydrogens is 241 g/mol. The molecule has 5 nitrogen and oxygen atoms in total. The maximum atomic E-state index is 13.0. The van der Waals surface area contributed by atoms with Crippen molar-refractivity contribution in [2.24, 2.45) is 0 Å². The van der Waals surface area contributed by atoms with Crippen molar-refractivity contribution in [3.05, 3.63) is 29.6 Å². The Bertz CT molecular complexity index is 461. The van der Waals surface area contributed by atoms with Gasteiger partial charge < -0.3 is 14.7 Å². The maximum absolute atomic E-state index is 13.0. The Kier molecular flexibility index (Phi) is 4.65. The number of rotatable bonds is 4. The Morgan fingerprint density at radius 1 is 1.44 bits per heavy atom. The van der Waals surface area contributed by atoms with Crippen molar-refractivity contribution in [3.8, 4) is 5.75 Å². The fourth-order valence-corrected chi connectivity index (χ4v) is 1.35. The van der Waals surface area contributed by atoms with Crippen LogP contribution in [0.1, 0.15) is 16.8 Å². The first-order valence-electron chi connectivity index (χ1n) is 5.26. The number of ether oxygens (including phenoxy) is 1. The van der Waals surface area contributed by atoms with Crippen LogP contribution in [-0.2, 0) is 9.53 Å². The van der Waals surface area contributed by atoms with Gasteiger partial charge in [-0.2, -0.15) is 0 Å². The molecule has 18 heavy (non-hydrogen) atoms. The number of benzene rings is 1. The molecule has 0 fully saturated rings. The first kappa shape index (κ1) is 14.0. The van der Waals surface area contributed by atoms with Crippen molar-refractivity contribution >= 4 is 11.9 Å². The summed E-state index contributed by atoms with van der Waals surface area (Å²) in [5.74, 6) is -1.92. The average molecular weight is 255 g/mol. The summed E-state index contributed by atoms with van der Waals surface area (Å²) in [5, 5.41) is 9.47. The number of esters is 1. The monoisotopic (exact) mass is 255 g/mol. The SMILES string of the molecule is COC(=O)CCN(C)C(=O)c1cc(F)ccc1O. The molecule has 1 rings (SSSR count). The third-order valence-electron chi connectivity index (χ3n) is 2.41. The summed E-state index contributed by atoms with van der Waals surface area (Å²) in [7, 11) is 2.71. The van der Waals surface area contributed by atoms with E-state index in [-0.39, 0.29) is 24.3 Å². The number of phenols is 1. The van der Waals surface area contributed by atoms with E-state index in [0.29, 0.717) is 0 Å². The Labute approximate surface area is 104 Å². The molecule has 0 bridgehead atoms. The number of carbonyl (C=O) groups excluding carboxylic acids is 2. The van der Waals surface area contributed by atoms with Gasteiger partial charge in [0.15, 0.2) is 0 Å². The molecule has 0 atom stereocenters. The van der Waals surface area contributed by atoms with Gasteiger partial charge in [-0.05, 0) is 18.2 Å². The van der Waals surface area contributed by atoms with Crippen molar-refractivity contribution in [3.63, 3.8) is 0 Å². The zero-order valence-corrected chi connectivity index (χ0v) is 10.1. The Balaban J connectivity index is 2.74. The fraction of sp³-hybridized carbons (Fsp3) is 0.333. The van der Waals surface area contributed by atoms with Crippen LogP contribution in [0.4, 0.5) is 4.39 Å². The van der Waals surface area contributed by atoms with Gasteiger partial charge in [0.25, 0.3) is 5.91 Å². The number of phenolic OH excluding ortho intramolecular Hbond substituents is 1. The van der Waals surface area contributed by atoms with Gasteiger partial charge in [0, 0.05) is 13.6 Å². The third-order valence-corrected chi connectivity index (χ3v) is 2.41. The van der Waals surface area contributed by atoms with Gasteiger partial charge in [-0.3, -0.25) is 9.59 Å². The van der Waals surface area contributed by atoms with Gasteiger partial charge in [-0.1, -0.05) is 0 Å². The van der Waals surface area contributed by atoms with Gasteiger partial charge >= 0.3 is 5.97 Å². The first-order valence-corrected chi connectivity index (χ1v) is 5.26. The van der Waals surface area contributed by atoms with Crippen molar-refractivity contribution in [1.29, 1.82) is 0 Å². The van der Waals surface area contributed by atoms with E-state index in [9.17, 15) is 19.1 Å². The summed E-state index contributed by atoms with van der Waals surface area (Å²) in [6, 6.07) is 3.11. The largest absolute Gasteiger partial charge is 0.507 e. The lowest BCUT2D eigenvalue weighted by molar-refractivity contribution is -0.140. The lowest BCUT2D eigenvalue weighted by Crippen LogP contribution is -2.29. The first-order chi connectivity index (χ1) is 8.45. The molecular formula is C12H14FNO4. The molecule has 0 saturated carbocycles. The van der Waals surface area contributed by atoms with Crippen LogP contribution in [0.5, 0.6) is 5.75 Å². The van der Waals surface area contributed by atoms with E-state index >= 15 is 0 Å². The summed E-state index contributed by atoms with van der Waals surface area (Å²) < 4.78 is 17.4. The predicted octanol–water partition coefficient (Wildman–Crippen LogP) is 1.17. The Hall–Kier alpha value is -2.11. The summed E-state index contributed by atoms with van der Waals surface area (Å²) in [5.41, 5.74) is -0.137. The van der Waals surface area contributed by atoms with Crippen LogP contribution >= 0.6 is 0 Å². The number of nitrogens with zero attached hydrogens (tertiary/aromatic N) is 1. The summed E-state index contributed by atoms with van der Waals surface area (Å²) in [6.45, 7) is 0.126. The number of hydrogen-bond acceptors (Lipinski definition) is 4. The van der Waals surface area contributed by atoms with Crippen LogP contribution in [0.3, 0.4) is 0 Å². The summed E-state index contributed by atoms with van der Waals surface area (Å²) in [4.78, 5) is 24.0. The number of hydrogen-bond donors (Lipinski definition) is 1. The molecule has 0 aromatic heterocycles. The maximum Gasteiger partial charge on any atom is 0.307 e. The molecule has 1 aromatic carbocycles. The highest BCUT2D eigenvalue weighted by Gasteiger charge is 2.17. The molecule has 1 N–H and O–H groups in total. The second kappa shape index (κ2) is 6.00. The second-order valence-corrected chi connectivity index (χ2v) is 3.71. The number of carbonyl (C=O) groups is 2. The van der Waals surface area contributed by atoms with Crippen LogP contribution < -0.4 is 0 Å². The normalized spacial score (nSPS) is 9.94. The average Bonchev–Trinajstić information content (AvgIpc) is 2.37. The van der Waals surface area contributed by atoms with E-state index in [1.54, 1.807) is 0 Å². The molecule has 6 heteroatoms. The number of aromatic hydroxyl groups is 1. The molecule has 0 radical (unpaired) electrons. The van der Waals surface area contributed by atoms with Crippen molar-refractivity contribution < 1.29 is 23.8 Å². The van der Waals surface area contributed by atoms with Crippen LogP contribution in [0.2, 0.25) is 0 Å². The van der Waals surface area contributed by atoms with Crippen molar-refractivity contribution in [2.45, 2.75) is 6.42 Å². The van der Waals surface area contributed by atoms with Gasteiger partial charge in [0.2, 0.25) is 0 Å². The van der Waals surface area contributed by atoms with Gasteiger partial charge in [0.1, 0.15) is 11.6 Å². The van der Waals surface area contributed by atoms with Gasteiger partial charge in [-0.25, -0.2) is 4.39 Å². The molecule has 0 unspecified atom stereocenters. The lowest BCUT2D eigenvalue weighted by Gasteiger charge is -2.17. The molecule has 98 valence electrons. The van der Waals surface area contributed by atoms with E-state index in [1.807, 2.05) is 0 Å². The van der Waals surface area contributed by atoms with E-state index in [0.717, 1.165) is 18.2 Å². The predicted molar refractivity (Wildman–Crippen MR) is 61.7 cm³/mol. The molecule has 0 saturated heterocycles. The number of methoxy groups -OCH3 is 1. The Morgan fingerprint density at radius 2 is 2.11 bits per heavy atom. The van der Waals surface area contributed by atoms with Gasteiger partial charge in [0.05, 0.1) is 19.1 Å². The standard InChI is InChI=1S/C12H14FNO4/c1-14(6-5-11(16)18-2)12(17)9-7-8(13)3-4-10(9)15/h3-4,7,15H,5-6H2,1-2H3. The lowest BCUT2D eigenvalue weighted by atomic mass is 10.1. The smallest absolute Gasteiger partial charge is 0.307 e. The molecule has 0 heterocycles. The molecule has 0 spiro atoms.